The van der Waals surface area contributed by atoms with Gasteiger partial charge in [-0.2, -0.15) is 0 Å². The van der Waals surface area contributed by atoms with E-state index in [1.54, 1.807) is 0 Å². The minimum Gasteiger partial charge on any atom is -0.488 e. The van der Waals surface area contributed by atoms with Gasteiger partial charge in [0.15, 0.2) is 0 Å². The van der Waals surface area contributed by atoms with Gasteiger partial charge in [0, 0.05) is 24.6 Å². The van der Waals surface area contributed by atoms with E-state index in [4.69, 9.17) is 21.1 Å². The smallest absolute Gasteiger partial charge is 0.123 e. The molecular formula is C15H20ClNO2. The summed E-state index contributed by atoms with van der Waals surface area (Å²) in [6.07, 6.45) is 5.18. The van der Waals surface area contributed by atoms with Gasteiger partial charge in [0.1, 0.15) is 11.9 Å². The third kappa shape index (κ3) is 3.41. The van der Waals surface area contributed by atoms with Crippen molar-refractivity contribution >= 4 is 11.6 Å². The fraction of sp³-hybridized carbons (Fsp3) is 0.600. The van der Waals surface area contributed by atoms with E-state index in [0.29, 0.717) is 6.10 Å². The van der Waals surface area contributed by atoms with Crippen LogP contribution >= 0.6 is 11.6 Å². The van der Waals surface area contributed by atoms with Gasteiger partial charge >= 0.3 is 0 Å². The largest absolute Gasteiger partial charge is 0.488 e. The highest BCUT2D eigenvalue weighted by Gasteiger charge is 2.22. The number of halogens is 1. The third-order valence-corrected chi connectivity index (χ3v) is 4.04. The number of nitrogens with one attached hydrogen (secondary N) is 1. The second-order valence-electron chi connectivity index (χ2n) is 5.32. The summed E-state index contributed by atoms with van der Waals surface area (Å²) in [5.41, 5.74) is 1.22. The molecule has 0 radical (unpaired) electrons. The van der Waals surface area contributed by atoms with Gasteiger partial charge in [0.05, 0.1) is 6.10 Å². The van der Waals surface area contributed by atoms with E-state index < -0.39 is 0 Å². The molecule has 0 aromatic heterocycles. The molecule has 0 spiro atoms. The van der Waals surface area contributed by atoms with Crippen LogP contribution < -0.4 is 10.1 Å². The summed E-state index contributed by atoms with van der Waals surface area (Å²) in [6, 6.07) is 5.85. The molecule has 4 heteroatoms. The first-order valence-corrected chi connectivity index (χ1v) is 7.46. The van der Waals surface area contributed by atoms with E-state index in [0.717, 1.165) is 43.3 Å². The van der Waals surface area contributed by atoms with Gasteiger partial charge in [-0.3, -0.25) is 0 Å². The van der Waals surface area contributed by atoms with E-state index in [-0.39, 0.29) is 6.10 Å². The van der Waals surface area contributed by atoms with Crippen molar-refractivity contribution < 1.29 is 9.47 Å². The van der Waals surface area contributed by atoms with Crippen molar-refractivity contribution in [3.05, 3.63) is 28.8 Å². The topological polar surface area (TPSA) is 30.5 Å². The molecule has 2 atom stereocenters. The van der Waals surface area contributed by atoms with Crippen molar-refractivity contribution in [2.75, 3.05) is 19.7 Å². The second kappa shape index (κ2) is 6.12. The number of benzene rings is 1. The second-order valence-corrected chi connectivity index (χ2v) is 5.76. The zero-order valence-corrected chi connectivity index (χ0v) is 11.8. The highest BCUT2D eigenvalue weighted by atomic mass is 35.5. The van der Waals surface area contributed by atoms with Crippen molar-refractivity contribution in [3.63, 3.8) is 0 Å². The minimum absolute atomic E-state index is 0.234. The molecule has 1 fully saturated rings. The highest BCUT2D eigenvalue weighted by Crippen LogP contribution is 2.30. The SMILES string of the molecule is Clc1ccc2c(c1)CC(CNCCC1CCCO1)O2. The predicted octanol–water partition coefficient (Wildman–Crippen LogP) is 2.80. The number of ether oxygens (including phenoxy) is 2. The van der Waals surface area contributed by atoms with Gasteiger partial charge in [0.25, 0.3) is 0 Å². The zero-order chi connectivity index (χ0) is 13.1. The van der Waals surface area contributed by atoms with Crippen LogP contribution in [-0.4, -0.2) is 31.9 Å². The van der Waals surface area contributed by atoms with Gasteiger partial charge in [-0.1, -0.05) is 11.6 Å². The van der Waals surface area contributed by atoms with Gasteiger partial charge in [-0.05, 0) is 49.6 Å². The fourth-order valence-electron chi connectivity index (χ4n) is 2.80. The van der Waals surface area contributed by atoms with Crippen LogP contribution in [0.2, 0.25) is 5.02 Å². The van der Waals surface area contributed by atoms with E-state index in [2.05, 4.69) is 5.32 Å². The number of hydrogen-bond donors (Lipinski definition) is 1. The molecule has 2 unspecified atom stereocenters. The normalized spacial score (nSPS) is 25.3. The quantitative estimate of drug-likeness (QED) is 0.842. The molecule has 1 aromatic rings. The van der Waals surface area contributed by atoms with Crippen molar-refractivity contribution in [1.29, 1.82) is 0 Å². The zero-order valence-electron chi connectivity index (χ0n) is 11.0. The maximum Gasteiger partial charge on any atom is 0.123 e. The first-order chi connectivity index (χ1) is 9.31. The Morgan fingerprint density at radius 3 is 3.11 bits per heavy atom. The van der Waals surface area contributed by atoms with Crippen LogP contribution in [-0.2, 0) is 11.2 Å². The molecule has 2 heterocycles. The molecule has 0 saturated carbocycles. The van der Waals surface area contributed by atoms with Crippen LogP contribution in [0.1, 0.15) is 24.8 Å². The first-order valence-electron chi connectivity index (χ1n) is 7.08. The summed E-state index contributed by atoms with van der Waals surface area (Å²) >= 11 is 5.99. The highest BCUT2D eigenvalue weighted by molar-refractivity contribution is 6.30. The summed E-state index contributed by atoms with van der Waals surface area (Å²) in [4.78, 5) is 0. The van der Waals surface area contributed by atoms with E-state index in [1.807, 2.05) is 18.2 Å². The predicted molar refractivity (Wildman–Crippen MR) is 76.0 cm³/mol. The molecule has 0 amide bonds. The Labute approximate surface area is 119 Å². The van der Waals surface area contributed by atoms with Crippen molar-refractivity contribution in [3.8, 4) is 5.75 Å². The average Bonchev–Trinajstić information content (AvgIpc) is 3.02. The molecule has 1 saturated heterocycles. The van der Waals surface area contributed by atoms with Crippen molar-refractivity contribution in [1.82, 2.24) is 5.32 Å². The minimum atomic E-state index is 0.234. The van der Waals surface area contributed by atoms with Gasteiger partial charge in [0.2, 0.25) is 0 Å². The maximum absolute atomic E-state index is 5.99. The molecule has 1 N–H and O–H groups in total. The molecule has 2 aliphatic heterocycles. The Morgan fingerprint density at radius 2 is 2.26 bits per heavy atom. The molecule has 19 heavy (non-hydrogen) atoms. The number of fused-ring (bicyclic) bond motifs is 1. The lowest BCUT2D eigenvalue weighted by atomic mass is 10.1. The van der Waals surface area contributed by atoms with Crippen LogP contribution in [0.3, 0.4) is 0 Å². The van der Waals surface area contributed by atoms with Crippen LogP contribution in [0, 0.1) is 0 Å². The van der Waals surface area contributed by atoms with Crippen LogP contribution in [0.15, 0.2) is 18.2 Å². The maximum atomic E-state index is 5.99. The molecule has 0 aliphatic carbocycles. The molecule has 104 valence electrons. The number of hydrogen-bond acceptors (Lipinski definition) is 3. The summed E-state index contributed by atoms with van der Waals surface area (Å²) in [7, 11) is 0. The van der Waals surface area contributed by atoms with Crippen LogP contribution in [0.25, 0.3) is 0 Å². The molecule has 0 bridgehead atoms. The van der Waals surface area contributed by atoms with E-state index in [9.17, 15) is 0 Å². The van der Waals surface area contributed by atoms with Crippen LogP contribution in [0.4, 0.5) is 0 Å². The molecule has 3 nitrogen and oxygen atoms in total. The summed E-state index contributed by atoms with van der Waals surface area (Å²) in [5, 5.41) is 4.25. The Kier molecular flexibility index (Phi) is 4.26. The lowest BCUT2D eigenvalue weighted by molar-refractivity contribution is 0.103. The summed E-state index contributed by atoms with van der Waals surface area (Å²) in [6.45, 7) is 2.83. The van der Waals surface area contributed by atoms with Crippen LogP contribution in [0.5, 0.6) is 5.75 Å². The molecule has 3 rings (SSSR count). The van der Waals surface area contributed by atoms with E-state index in [1.165, 1.54) is 18.4 Å². The van der Waals surface area contributed by atoms with Gasteiger partial charge < -0.3 is 14.8 Å². The average molecular weight is 282 g/mol. The molecule has 1 aromatic carbocycles. The standard InChI is InChI=1S/C15H20ClNO2/c16-12-3-4-15-11(8-12)9-14(19-15)10-17-6-5-13-2-1-7-18-13/h3-4,8,13-14,17H,1-2,5-7,9-10H2. The van der Waals surface area contributed by atoms with Gasteiger partial charge in [-0.25, -0.2) is 0 Å². The first kappa shape index (κ1) is 13.2. The Bertz CT molecular complexity index is 432. The Balaban J connectivity index is 1.38. The monoisotopic (exact) mass is 281 g/mol. The lowest BCUT2D eigenvalue weighted by Crippen LogP contribution is -2.31. The Hall–Kier alpha value is -0.770. The third-order valence-electron chi connectivity index (χ3n) is 3.80. The lowest BCUT2D eigenvalue weighted by Gasteiger charge is -2.13. The molecular weight excluding hydrogens is 262 g/mol. The van der Waals surface area contributed by atoms with E-state index >= 15 is 0 Å². The summed E-state index contributed by atoms with van der Waals surface area (Å²) < 4.78 is 11.5. The molecule has 2 aliphatic rings. The summed E-state index contributed by atoms with van der Waals surface area (Å²) in [5.74, 6) is 0.982. The van der Waals surface area contributed by atoms with Crippen molar-refractivity contribution in [2.24, 2.45) is 0 Å². The van der Waals surface area contributed by atoms with Gasteiger partial charge in [-0.15, -0.1) is 0 Å². The fourth-order valence-corrected chi connectivity index (χ4v) is 3.00. The van der Waals surface area contributed by atoms with Crippen molar-refractivity contribution in [2.45, 2.75) is 37.9 Å². The number of rotatable bonds is 5. The Morgan fingerprint density at radius 1 is 1.32 bits per heavy atom.